The number of hydrogen-bond acceptors (Lipinski definition) is 4. The first-order chi connectivity index (χ1) is 11.1. The Morgan fingerprint density at radius 3 is 2.62 bits per heavy atom. The number of sulfonamides is 1. The van der Waals surface area contributed by atoms with Crippen molar-refractivity contribution in [2.24, 2.45) is 16.7 Å². The molecule has 0 aromatic heterocycles. The number of anilines is 1. The molecule has 2 atom stereocenters. The Bertz CT molecular complexity index is 814. The largest absolute Gasteiger partial charge is 0.478 e. The van der Waals surface area contributed by atoms with E-state index in [1.165, 1.54) is 24.3 Å². The van der Waals surface area contributed by atoms with E-state index in [0.717, 1.165) is 6.42 Å². The molecule has 1 aromatic rings. The summed E-state index contributed by atoms with van der Waals surface area (Å²) in [6, 6.07) is 5.65. The molecule has 1 aromatic carbocycles. The van der Waals surface area contributed by atoms with Crippen LogP contribution in [0, 0.1) is 16.7 Å². The number of ketones is 1. The molecule has 2 aliphatic carbocycles. The molecule has 0 aliphatic heterocycles. The number of aromatic carboxylic acids is 1. The van der Waals surface area contributed by atoms with Gasteiger partial charge in [0.05, 0.1) is 16.7 Å². The van der Waals surface area contributed by atoms with Crippen molar-refractivity contribution in [1.82, 2.24) is 0 Å². The molecule has 7 heteroatoms. The lowest BCUT2D eigenvalue weighted by Gasteiger charge is -2.36. The third-order valence-electron chi connectivity index (χ3n) is 5.96. The molecule has 6 nitrogen and oxygen atoms in total. The molecule has 0 radical (unpaired) electrons. The van der Waals surface area contributed by atoms with Gasteiger partial charge in [-0.25, -0.2) is 13.2 Å². The summed E-state index contributed by atoms with van der Waals surface area (Å²) >= 11 is 0. The van der Waals surface area contributed by atoms with E-state index >= 15 is 0 Å². The zero-order chi connectivity index (χ0) is 17.8. The topological polar surface area (TPSA) is 101 Å². The minimum atomic E-state index is -3.77. The number of carboxylic acid groups (broad SMARTS) is 1. The smallest absolute Gasteiger partial charge is 0.335 e. The highest BCUT2D eigenvalue weighted by Crippen LogP contribution is 2.64. The fraction of sp³-hybridized carbons (Fsp3) is 0.529. The first kappa shape index (κ1) is 17.0. The van der Waals surface area contributed by atoms with Crippen molar-refractivity contribution in [1.29, 1.82) is 0 Å². The van der Waals surface area contributed by atoms with Crippen LogP contribution in [0.15, 0.2) is 24.3 Å². The second-order valence-electron chi connectivity index (χ2n) is 7.41. The van der Waals surface area contributed by atoms with Crippen molar-refractivity contribution in [2.75, 3.05) is 10.5 Å². The number of carbonyl (C=O) groups excluding carboxylic acids is 1. The molecule has 2 saturated carbocycles. The van der Waals surface area contributed by atoms with Crippen LogP contribution in [-0.4, -0.2) is 31.0 Å². The Morgan fingerprint density at radius 1 is 1.38 bits per heavy atom. The summed E-state index contributed by atoms with van der Waals surface area (Å²) in [6.07, 6.45) is 1.93. The molecule has 2 N–H and O–H groups in total. The monoisotopic (exact) mass is 351 g/mol. The van der Waals surface area contributed by atoms with Gasteiger partial charge in [0.25, 0.3) is 0 Å². The lowest BCUT2D eigenvalue weighted by molar-refractivity contribution is -0.128. The fourth-order valence-electron chi connectivity index (χ4n) is 4.36. The van der Waals surface area contributed by atoms with E-state index in [1.54, 1.807) is 0 Å². The van der Waals surface area contributed by atoms with Gasteiger partial charge in [-0.05, 0) is 42.4 Å². The Hall–Kier alpha value is -1.89. The van der Waals surface area contributed by atoms with Gasteiger partial charge in [-0.3, -0.25) is 9.52 Å². The number of carboxylic acids is 1. The summed E-state index contributed by atoms with van der Waals surface area (Å²) in [5.41, 5.74) is -0.967. The zero-order valence-corrected chi connectivity index (χ0v) is 14.5. The highest BCUT2D eigenvalue weighted by Gasteiger charge is 2.65. The molecule has 0 spiro atoms. The quantitative estimate of drug-likeness (QED) is 0.849. The van der Waals surface area contributed by atoms with Crippen molar-refractivity contribution >= 4 is 27.5 Å². The van der Waals surface area contributed by atoms with Crippen LogP contribution in [0.1, 0.15) is 43.5 Å². The second kappa shape index (κ2) is 5.31. The average molecular weight is 351 g/mol. The third kappa shape index (κ3) is 2.51. The molecule has 3 rings (SSSR count). The fourth-order valence-corrected chi connectivity index (χ4v) is 6.25. The summed E-state index contributed by atoms with van der Waals surface area (Å²) in [5, 5.41) is 9.00. The molecule has 2 fully saturated rings. The van der Waals surface area contributed by atoms with Gasteiger partial charge in [0.1, 0.15) is 5.78 Å². The van der Waals surface area contributed by atoms with Gasteiger partial charge in [-0.2, -0.15) is 0 Å². The number of benzene rings is 1. The van der Waals surface area contributed by atoms with E-state index in [2.05, 4.69) is 4.72 Å². The molecule has 24 heavy (non-hydrogen) atoms. The number of Topliss-reactive ketones (excluding diaryl/α,β-unsaturated/α-hetero) is 1. The van der Waals surface area contributed by atoms with Crippen LogP contribution in [0.2, 0.25) is 0 Å². The van der Waals surface area contributed by atoms with Gasteiger partial charge in [0, 0.05) is 12.1 Å². The Labute approximate surface area is 141 Å². The van der Waals surface area contributed by atoms with Crippen LogP contribution < -0.4 is 4.72 Å². The van der Waals surface area contributed by atoms with E-state index in [0.29, 0.717) is 12.8 Å². The average Bonchev–Trinajstić information content (AvgIpc) is 2.80. The molecule has 2 unspecified atom stereocenters. The maximum atomic E-state index is 12.6. The van der Waals surface area contributed by atoms with Gasteiger partial charge in [-0.15, -0.1) is 0 Å². The van der Waals surface area contributed by atoms with E-state index < -0.39 is 21.4 Å². The van der Waals surface area contributed by atoms with E-state index in [9.17, 15) is 18.0 Å². The molecule has 2 aliphatic rings. The summed E-state index contributed by atoms with van der Waals surface area (Å²) in [6.45, 7) is 3.96. The lowest BCUT2D eigenvalue weighted by Crippen LogP contribution is -2.43. The molecule has 2 bridgehead atoms. The van der Waals surface area contributed by atoms with Gasteiger partial charge < -0.3 is 5.11 Å². The lowest BCUT2D eigenvalue weighted by atomic mass is 9.70. The highest BCUT2D eigenvalue weighted by atomic mass is 32.2. The van der Waals surface area contributed by atoms with Crippen LogP contribution in [-0.2, 0) is 14.8 Å². The number of carbonyl (C=O) groups is 2. The van der Waals surface area contributed by atoms with Gasteiger partial charge in [0.2, 0.25) is 10.0 Å². The maximum absolute atomic E-state index is 12.6. The molecule has 0 amide bonds. The van der Waals surface area contributed by atoms with Crippen molar-refractivity contribution in [3.05, 3.63) is 29.8 Å². The first-order valence-electron chi connectivity index (χ1n) is 7.95. The summed E-state index contributed by atoms with van der Waals surface area (Å²) in [5.74, 6) is -1.09. The summed E-state index contributed by atoms with van der Waals surface area (Å²) in [4.78, 5) is 23.5. The summed E-state index contributed by atoms with van der Waals surface area (Å²) < 4.78 is 27.7. The normalized spacial score (nSPS) is 28.1. The summed E-state index contributed by atoms with van der Waals surface area (Å²) in [7, 11) is -3.77. The number of fused-ring (bicyclic) bond motifs is 2. The standard InChI is InChI=1S/C17H21NO5S/c1-16(2)12-6-7-17(16,14(19)9-12)10-24(22,23)18-13-5-3-4-11(8-13)15(20)21/h3-5,8,12,18H,6-7,9-10H2,1-2H3,(H,20,21). The van der Waals surface area contributed by atoms with Crippen LogP contribution in [0.4, 0.5) is 5.69 Å². The van der Waals surface area contributed by atoms with Gasteiger partial charge in [-0.1, -0.05) is 19.9 Å². The molecular formula is C17H21NO5S. The molecule has 0 heterocycles. The Balaban J connectivity index is 1.86. The van der Waals surface area contributed by atoms with E-state index in [1.807, 2.05) is 13.8 Å². The first-order valence-corrected chi connectivity index (χ1v) is 9.60. The minimum absolute atomic E-state index is 0.00608. The molecular weight excluding hydrogens is 330 g/mol. The third-order valence-corrected chi connectivity index (χ3v) is 7.38. The van der Waals surface area contributed by atoms with Crippen LogP contribution >= 0.6 is 0 Å². The van der Waals surface area contributed by atoms with Gasteiger partial charge >= 0.3 is 5.97 Å². The zero-order valence-electron chi connectivity index (χ0n) is 13.7. The Kier molecular flexibility index (Phi) is 3.75. The predicted octanol–water partition coefficient (Wildman–Crippen LogP) is 2.52. The number of nitrogens with one attached hydrogen (secondary N) is 1. The van der Waals surface area contributed by atoms with Crippen molar-refractivity contribution in [3.8, 4) is 0 Å². The van der Waals surface area contributed by atoms with Crippen LogP contribution in [0.25, 0.3) is 0 Å². The van der Waals surface area contributed by atoms with Crippen molar-refractivity contribution in [3.63, 3.8) is 0 Å². The van der Waals surface area contributed by atoms with Crippen molar-refractivity contribution < 1.29 is 23.1 Å². The SMILES string of the molecule is CC1(C)C2CCC1(CS(=O)(=O)Nc1cccc(C(=O)O)c1)C(=O)C2. The number of rotatable bonds is 5. The van der Waals surface area contributed by atoms with Gasteiger partial charge in [0.15, 0.2) is 0 Å². The predicted molar refractivity (Wildman–Crippen MR) is 89.4 cm³/mol. The van der Waals surface area contributed by atoms with Crippen LogP contribution in [0.5, 0.6) is 0 Å². The Morgan fingerprint density at radius 2 is 2.08 bits per heavy atom. The van der Waals surface area contributed by atoms with E-state index in [-0.39, 0.29) is 34.1 Å². The van der Waals surface area contributed by atoms with Crippen molar-refractivity contribution in [2.45, 2.75) is 33.1 Å². The highest BCUT2D eigenvalue weighted by molar-refractivity contribution is 7.92. The second-order valence-corrected chi connectivity index (χ2v) is 9.14. The number of hydrogen-bond donors (Lipinski definition) is 2. The van der Waals surface area contributed by atoms with E-state index in [4.69, 9.17) is 5.11 Å². The minimum Gasteiger partial charge on any atom is -0.478 e. The molecule has 130 valence electrons. The maximum Gasteiger partial charge on any atom is 0.335 e. The van der Waals surface area contributed by atoms with Crippen LogP contribution in [0.3, 0.4) is 0 Å². The molecule has 0 saturated heterocycles.